The molecule has 0 aliphatic carbocycles. The Morgan fingerprint density at radius 3 is 2.57 bits per heavy atom. The highest BCUT2D eigenvalue weighted by Crippen LogP contribution is 2.19. The van der Waals surface area contributed by atoms with Crippen LogP contribution in [0.5, 0.6) is 0 Å². The molecule has 0 fully saturated rings. The number of hydrogen-bond acceptors (Lipinski definition) is 5. The first-order valence-corrected chi connectivity index (χ1v) is 5.11. The van der Waals surface area contributed by atoms with Gasteiger partial charge in [0.05, 0.1) is 5.56 Å². The molecule has 14 heavy (non-hydrogen) atoms. The molecule has 0 aromatic carbocycles. The summed E-state index contributed by atoms with van der Waals surface area (Å²) in [6, 6.07) is 1.52. The second kappa shape index (κ2) is 4.28. The van der Waals surface area contributed by atoms with E-state index in [0.29, 0.717) is 10.8 Å². The maximum Gasteiger partial charge on any atom is 0.338 e. The molecule has 0 bridgehead atoms. The fourth-order valence-electron chi connectivity index (χ4n) is 0.893. The largest absolute Gasteiger partial charge is 0.478 e. The number of hydrogen-bond donors (Lipinski definition) is 1. The lowest BCUT2D eigenvalue weighted by Gasteiger charge is -2.11. The van der Waals surface area contributed by atoms with Gasteiger partial charge in [-0.1, -0.05) is 0 Å². The number of thioether (sulfide) groups is 1. The SMILES string of the molecule is CSc1nnc(N(C)C)cc1C(=O)O. The first-order chi connectivity index (χ1) is 6.56. The standard InChI is InChI=1S/C8H11N3O2S/c1-11(2)6-4-5(8(12)13)7(14-3)10-9-6/h4H,1-3H3,(H,12,13). The van der Waals surface area contributed by atoms with Gasteiger partial charge in [-0.15, -0.1) is 22.0 Å². The van der Waals surface area contributed by atoms with Crippen molar-refractivity contribution in [1.82, 2.24) is 10.2 Å². The monoisotopic (exact) mass is 213 g/mol. The molecule has 0 radical (unpaired) electrons. The van der Waals surface area contributed by atoms with Crippen molar-refractivity contribution in [3.05, 3.63) is 11.6 Å². The van der Waals surface area contributed by atoms with Crippen molar-refractivity contribution < 1.29 is 9.90 Å². The van der Waals surface area contributed by atoms with Crippen LogP contribution in [0.15, 0.2) is 11.1 Å². The fourth-order valence-corrected chi connectivity index (χ4v) is 1.38. The van der Waals surface area contributed by atoms with Gasteiger partial charge in [-0.05, 0) is 12.3 Å². The van der Waals surface area contributed by atoms with E-state index >= 15 is 0 Å². The van der Waals surface area contributed by atoms with Crippen LogP contribution in [0.25, 0.3) is 0 Å². The lowest BCUT2D eigenvalue weighted by atomic mass is 10.3. The van der Waals surface area contributed by atoms with Crippen molar-refractivity contribution in [2.24, 2.45) is 0 Å². The molecule has 1 heterocycles. The summed E-state index contributed by atoms with van der Waals surface area (Å²) in [7, 11) is 3.57. The molecule has 1 aromatic heterocycles. The number of carbonyl (C=O) groups is 1. The van der Waals surface area contributed by atoms with Crippen LogP contribution in [0.1, 0.15) is 10.4 Å². The zero-order chi connectivity index (χ0) is 10.7. The van der Waals surface area contributed by atoms with E-state index in [0.717, 1.165) is 0 Å². The van der Waals surface area contributed by atoms with Gasteiger partial charge in [0.25, 0.3) is 0 Å². The smallest absolute Gasteiger partial charge is 0.338 e. The average Bonchev–Trinajstić information content (AvgIpc) is 2.16. The number of aromatic nitrogens is 2. The molecule has 76 valence electrons. The first-order valence-electron chi connectivity index (χ1n) is 3.88. The second-order valence-corrected chi connectivity index (χ2v) is 3.62. The summed E-state index contributed by atoms with van der Waals surface area (Å²) in [5.74, 6) is -0.437. The highest BCUT2D eigenvalue weighted by molar-refractivity contribution is 7.98. The number of anilines is 1. The normalized spacial score (nSPS) is 9.93. The predicted octanol–water partition coefficient (Wildman–Crippen LogP) is 0.963. The molecule has 0 aliphatic heterocycles. The third-order valence-corrected chi connectivity index (χ3v) is 2.32. The van der Waals surface area contributed by atoms with Crippen LogP contribution in [-0.4, -0.2) is 41.6 Å². The molecule has 1 rings (SSSR count). The van der Waals surface area contributed by atoms with E-state index < -0.39 is 5.97 Å². The van der Waals surface area contributed by atoms with E-state index in [2.05, 4.69) is 10.2 Å². The predicted molar refractivity (Wildman–Crippen MR) is 55.1 cm³/mol. The lowest BCUT2D eigenvalue weighted by molar-refractivity contribution is 0.0692. The average molecular weight is 213 g/mol. The van der Waals surface area contributed by atoms with Crippen molar-refractivity contribution in [3.8, 4) is 0 Å². The molecule has 5 nitrogen and oxygen atoms in total. The van der Waals surface area contributed by atoms with E-state index in [-0.39, 0.29) is 5.56 Å². The van der Waals surface area contributed by atoms with Crippen LogP contribution < -0.4 is 4.90 Å². The molecule has 0 spiro atoms. The molecule has 6 heteroatoms. The van der Waals surface area contributed by atoms with Gasteiger partial charge in [-0.3, -0.25) is 0 Å². The third-order valence-electron chi connectivity index (χ3n) is 1.63. The van der Waals surface area contributed by atoms with Crippen LogP contribution in [0.4, 0.5) is 5.82 Å². The second-order valence-electron chi connectivity index (χ2n) is 2.83. The minimum absolute atomic E-state index is 0.191. The number of carboxylic acids is 1. The van der Waals surface area contributed by atoms with E-state index in [4.69, 9.17) is 5.11 Å². The first kappa shape index (κ1) is 10.8. The minimum Gasteiger partial charge on any atom is -0.478 e. The van der Waals surface area contributed by atoms with Crippen LogP contribution in [0, 0.1) is 0 Å². The third kappa shape index (κ3) is 2.14. The molecular weight excluding hydrogens is 202 g/mol. The van der Waals surface area contributed by atoms with E-state index in [1.165, 1.54) is 17.8 Å². The Morgan fingerprint density at radius 2 is 2.14 bits per heavy atom. The summed E-state index contributed by atoms with van der Waals surface area (Å²) in [5, 5.41) is 17.1. The maximum absolute atomic E-state index is 10.9. The highest BCUT2D eigenvalue weighted by atomic mass is 32.2. The van der Waals surface area contributed by atoms with E-state index in [1.54, 1.807) is 25.3 Å². The van der Waals surface area contributed by atoms with Gasteiger partial charge in [-0.2, -0.15) is 0 Å². The summed E-state index contributed by atoms with van der Waals surface area (Å²) in [5.41, 5.74) is 0.191. The maximum atomic E-state index is 10.9. The van der Waals surface area contributed by atoms with Crippen molar-refractivity contribution in [2.45, 2.75) is 5.03 Å². The molecule has 1 aromatic rings. The molecule has 0 saturated carbocycles. The zero-order valence-electron chi connectivity index (χ0n) is 8.18. The van der Waals surface area contributed by atoms with Crippen LogP contribution in [-0.2, 0) is 0 Å². The molecule has 0 atom stereocenters. The molecule has 0 amide bonds. The van der Waals surface area contributed by atoms with Gasteiger partial charge >= 0.3 is 5.97 Å². The molecular formula is C8H11N3O2S. The Hall–Kier alpha value is -1.30. The highest BCUT2D eigenvalue weighted by Gasteiger charge is 2.13. The van der Waals surface area contributed by atoms with Gasteiger partial charge < -0.3 is 10.0 Å². The van der Waals surface area contributed by atoms with Gasteiger partial charge in [-0.25, -0.2) is 4.79 Å². The van der Waals surface area contributed by atoms with Gasteiger partial charge in [0, 0.05) is 14.1 Å². The van der Waals surface area contributed by atoms with Crippen molar-refractivity contribution in [2.75, 3.05) is 25.3 Å². The molecule has 0 unspecified atom stereocenters. The quantitative estimate of drug-likeness (QED) is 0.754. The molecule has 0 saturated heterocycles. The summed E-state index contributed by atoms with van der Waals surface area (Å²) in [6.07, 6.45) is 1.77. The number of carboxylic acid groups (broad SMARTS) is 1. The lowest BCUT2D eigenvalue weighted by Crippen LogP contribution is -2.13. The summed E-state index contributed by atoms with van der Waals surface area (Å²) in [4.78, 5) is 12.6. The van der Waals surface area contributed by atoms with E-state index in [1.807, 2.05) is 0 Å². The van der Waals surface area contributed by atoms with Crippen LogP contribution >= 0.6 is 11.8 Å². The van der Waals surface area contributed by atoms with Gasteiger partial charge in [0.15, 0.2) is 5.82 Å². The minimum atomic E-state index is -0.979. The Balaban J connectivity index is 3.21. The topological polar surface area (TPSA) is 66.3 Å². The van der Waals surface area contributed by atoms with Crippen LogP contribution in [0.2, 0.25) is 0 Å². The van der Waals surface area contributed by atoms with Crippen molar-refractivity contribution in [3.63, 3.8) is 0 Å². The fraction of sp³-hybridized carbons (Fsp3) is 0.375. The Kier molecular flexibility index (Phi) is 3.29. The van der Waals surface area contributed by atoms with Gasteiger partial charge in [0.2, 0.25) is 0 Å². The number of rotatable bonds is 3. The van der Waals surface area contributed by atoms with Gasteiger partial charge in [0.1, 0.15) is 5.03 Å². The van der Waals surface area contributed by atoms with Crippen molar-refractivity contribution in [1.29, 1.82) is 0 Å². The van der Waals surface area contributed by atoms with E-state index in [9.17, 15) is 4.79 Å². The Labute approximate surface area is 86.1 Å². The van der Waals surface area contributed by atoms with Crippen LogP contribution in [0.3, 0.4) is 0 Å². The summed E-state index contributed by atoms with van der Waals surface area (Å²) < 4.78 is 0. The molecule has 0 aliphatic rings. The number of nitrogens with zero attached hydrogens (tertiary/aromatic N) is 3. The Bertz CT molecular complexity index is 354. The zero-order valence-corrected chi connectivity index (χ0v) is 9.00. The summed E-state index contributed by atoms with van der Waals surface area (Å²) in [6.45, 7) is 0. The number of aromatic carboxylic acids is 1. The summed E-state index contributed by atoms with van der Waals surface area (Å²) >= 11 is 1.27. The van der Waals surface area contributed by atoms with Crippen molar-refractivity contribution >= 4 is 23.5 Å². The Morgan fingerprint density at radius 1 is 1.50 bits per heavy atom. The molecule has 1 N–H and O–H groups in total.